The molecule has 98 valence electrons. The van der Waals surface area contributed by atoms with Crippen molar-refractivity contribution in [3.05, 3.63) is 21.6 Å². The van der Waals surface area contributed by atoms with Crippen molar-refractivity contribution in [1.82, 2.24) is 9.78 Å². The monoisotopic (exact) mass is 270 g/mol. The summed E-state index contributed by atoms with van der Waals surface area (Å²) in [5, 5.41) is 7.26. The van der Waals surface area contributed by atoms with E-state index >= 15 is 0 Å². The summed E-state index contributed by atoms with van der Waals surface area (Å²) < 4.78 is 6.81. The van der Waals surface area contributed by atoms with Gasteiger partial charge in [-0.05, 0) is 6.42 Å². The molecule has 3 N–H and O–H groups in total. The van der Waals surface area contributed by atoms with Gasteiger partial charge in [0, 0.05) is 25.6 Å². The van der Waals surface area contributed by atoms with E-state index in [0.717, 1.165) is 13.0 Å². The van der Waals surface area contributed by atoms with Gasteiger partial charge in [0.2, 0.25) is 0 Å². The van der Waals surface area contributed by atoms with Gasteiger partial charge in [-0.1, -0.05) is 11.6 Å². The van der Waals surface area contributed by atoms with Gasteiger partial charge >= 0.3 is 0 Å². The van der Waals surface area contributed by atoms with Crippen molar-refractivity contribution in [3.63, 3.8) is 0 Å². The Kier molecular flexibility index (Phi) is 2.80. The van der Waals surface area contributed by atoms with Crippen LogP contribution in [0.5, 0.6) is 0 Å². The largest absolute Gasteiger partial charge is 0.376 e. The van der Waals surface area contributed by atoms with Crippen LogP contribution in [0, 0.1) is 5.92 Å². The first-order valence-corrected chi connectivity index (χ1v) is 6.33. The first-order chi connectivity index (χ1) is 8.59. The molecule has 0 bridgehead atoms. The molecule has 1 aromatic rings. The Labute approximate surface area is 109 Å². The Morgan fingerprint density at radius 3 is 3.22 bits per heavy atom. The van der Waals surface area contributed by atoms with Crippen LogP contribution in [0.2, 0.25) is 5.02 Å². The molecule has 1 aromatic heterocycles. The van der Waals surface area contributed by atoms with Crippen LogP contribution < -0.4 is 16.6 Å². The lowest BCUT2D eigenvalue weighted by molar-refractivity contribution is 0.00536. The van der Waals surface area contributed by atoms with Gasteiger partial charge in [0.05, 0.1) is 24.0 Å². The van der Waals surface area contributed by atoms with E-state index in [1.807, 2.05) is 0 Å². The maximum atomic E-state index is 11.7. The summed E-state index contributed by atoms with van der Waals surface area (Å²) in [4.78, 5) is 11.7. The molecule has 0 aromatic carbocycles. The molecule has 2 fully saturated rings. The van der Waals surface area contributed by atoms with Crippen LogP contribution in [-0.4, -0.2) is 34.6 Å². The van der Waals surface area contributed by atoms with Crippen molar-refractivity contribution in [2.75, 3.05) is 11.9 Å². The predicted octanol–water partition coefficient (Wildman–Crippen LogP) is -0.0398. The highest BCUT2D eigenvalue weighted by Crippen LogP contribution is 2.39. The van der Waals surface area contributed by atoms with Crippen LogP contribution in [0.15, 0.2) is 11.0 Å². The molecule has 0 amide bonds. The molecule has 1 saturated carbocycles. The normalized spacial score (nSPS) is 33.9. The molecule has 4 unspecified atom stereocenters. The van der Waals surface area contributed by atoms with Gasteiger partial charge in [-0.3, -0.25) is 4.79 Å². The van der Waals surface area contributed by atoms with Gasteiger partial charge in [0.15, 0.2) is 0 Å². The molecule has 18 heavy (non-hydrogen) atoms. The van der Waals surface area contributed by atoms with Gasteiger partial charge in [0.1, 0.15) is 5.02 Å². The summed E-state index contributed by atoms with van der Waals surface area (Å²) in [5.74, 6) is 0.417. The fourth-order valence-electron chi connectivity index (χ4n) is 2.72. The molecule has 0 spiro atoms. The maximum absolute atomic E-state index is 11.7. The summed E-state index contributed by atoms with van der Waals surface area (Å²) >= 11 is 6.00. The highest BCUT2D eigenvalue weighted by molar-refractivity contribution is 6.32. The minimum Gasteiger partial charge on any atom is -0.376 e. The van der Waals surface area contributed by atoms with Crippen molar-refractivity contribution >= 4 is 17.3 Å². The van der Waals surface area contributed by atoms with E-state index in [-0.39, 0.29) is 28.8 Å². The zero-order chi connectivity index (χ0) is 12.9. The molecular formula is C11H15ClN4O2. The van der Waals surface area contributed by atoms with E-state index in [9.17, 15) is 4.79 Å². The van der Waals surface area contributed by atoms with Crippen LogP contribution >= 0.6 is 11.6 Å². The summed E-state index contributed by atoms with van der Waals surface area (Å²) in [6.45, 7) is 0.754. The smallest absolute Gasteiger partial charge is 0.287 e. The molecule has 3 rings (SSSR count). The molecule has 7 heteroatoms. The van der Waals surface area contributed by atoms with Crippen LogP contribution in [0.4, 0.5) is 5.69 Å². The zero-order valence-electron chi connectivity index (χ0n) is 9.97. The Morgan fingerprint density at radius 1 is 1.67 bits per heavy atom. The fourth-order valence-corrected chi connectivity index (χ4v) is 2.94. The van der Waals surface area contributed by atoms with Crippen molar-refractivity contribution in [2.24, 2.45) is 18.7 Å². The van der Waals surface area contributed by atoms with E-state index in [1.165, 1.54) is 4.68 Å². The van der Waals surface area contributed by atoms with Crippen LogP contribution in [0.3, 0.4) is 0 Å². The average molecular weight is 271 g/mol. The van der Waals surface area contributed by atoms with E-state index in [4.69, 9.17) is 22.1 Å². The second kappa shape index (κ2) is 4.22. The number of ether oxygens (including phenoxy) is 1. The highest BCUT2D eigenvalue weighted by atomic mass is 35.5. The van der Waals surface area contributed by atoms with Gasteiger partial charge in [-0.25, -0.2) is 4.68 Å². The van der Waals surface area contributed by atoms with E-state index in [2.05, 4.69) is 10.4 Å². The number of nitrogens with two attached hydrogens (primary N) is 1. The molecule has 2 heterocycles. The SMILES string of the molecule is Cn1ncc(NC2C(N)C3CCOC32)c(Cl)c1=O. The van der Waals surface area contributed by atoms with Gasteiger partial charge in [0.25, 0.3) is 5.56 Å². The maximum Gasteiger partial charge on any atom is 0.287 e. The molecule has 2 aliphatic rings. The highest BCUT2D eigenvalue weighted by Gasteiger charge is 2.52. The lowest BCUT2D eigenvalue weighted by Gasteiger charge is -2.46. The van der Waals surface area contributed by atoms with Gasteiger partial charge in [-0.2, -0.15) is 5.10 Å². The number of aryl methyl sites for hydroxylation is 1. The summed E-state index contributed by atoms with van der Waals surface area (Å²) in [6.07, 6.45) is 2.67. The Bertz CT molecular complexity index is 532. The molecule has 1 saturated heterocycles. The fraction of sp³-hybridized carbons (Fsp3) is 0.636. The number of anilines is 1. The van der Waals surface area contributed by atoms with Crippen molar-refractivity contribution in [3.8, 4) is 0 Å². The van der Waals surface area contributed by atoms with Crippen molar-refractivity contribution in [2.45, 2.75) is 24.6 Å². The topological polar surface area (TPSA) is 82.2 Å². The lowest BCUT2D eigenvalue weighted by atomic mass is 9.72. The van der Waals surface area contributed by atoms with Gasteiger partial charge < -0.3 is 15.8 Å². The first kappa shape index (κ1) is 12.0. The minimum atomic E-state index is -0.321. The molecule has 0 radical (unpaired) electrons. The number of halogens is 1. The number of hydrogen-bond donors (Lipinski definition) is 2. The third kappa shape index (κ3) is 1.64. The Morgan fingerprint density at radius 2 is 2.44 bits per heavy atom. The Hall–Kier alpha value is -1.11. The number of fused-ring (bicyclic) bond motifs is 1. The Balaban J connectivity index is 1.82. The van der Waals surface area contributed by atoms with Crippen LogP contribution in [0.25, 0.3) is 0 Å². The zero-order valence-corrected chi connectivity index (χ0v) is 10.7. The lowest BCUT2D eigenvalue weighted by Crippen LogP contribution is -2.65. The number of nitrogens with one attached hydrogen (secondary N) is 1. The standard InChI is InChI=1S/C11H15ClN4O2/c1-16-11(17)7(12)6(4-14-16)15-9-8(13)5-2-3-18-10(5)9/h4-5,8-10,15H,2-3,13H2,1H3. The van der Waals surface area contributed by atoms with Crippen molar-refractivity contribution in [1.29, 1.82) is 0 Å². The quantitative estimate of drug-likeness (QED) is 0.788. The van der Waals surface area contributed by atoms with Gasteiger partial charge in [-0.15, -0.1) is 0 Å². The van der Waals surface area contributed by atoms with E-state index in [0.29, 0.717) is 11.6 Å². The average Bonchev–Trinajstić information content (AvgIpc) is 2.79. The van der Waals surface area contributed by atoms with E-state index < -0.39 is 0 Å². The molecule has 6 nitrogen and oxygen atoms in total. The number of hydrogen-bond acceptors (Lipinski definition) is 5. The predicted molar refractivity (Wildman–Crippen MR) is 67.7 cm³/mol. The molecule has 4 atom stereocenters. The number of aromatic nitrogens is 2. The third-order valence-corrected chi connectivity index (χ3v) is 4.21. The minimum absolute atomic E-state index is 0.00362. The summed E-state index contributed by atoms with van der Waals surface area (Å²) in [5.41, 5.74) is 6.29. The second-order valence-electron chi connectivity index (χ2n) is 4.84. The van der Waals surface area contributed by atoms with Crippen LogP contribution in [-0.2, 0) is 11.8 Å². The molecule has 1 aliphatic heterocycles. The molecular weight excluding hydrogens is 256 g/mol. The number of rotatable bonds is 2. The van der Waals surface area contributed by atoms with Crippen LogP contribution in [0.1, 0.15) is 6.42 Å². The second-order valence-corrected chi connectivity index (χ2v) is 5.21. The third-order valence-electron chi connectivity index (χ3n) is 3.85. The van der Waals surface area contributed by atoms with E-state index in [1.54, 1.807) is 13.2 Å². The number of nitrogens with zero attached hydrogens (tertiary/aromatic N) is 2. The summed E-state index contributed by atoms with van der Waals surface area (Å²) in [6, 6.07) is 0.0431. The molecule has 1 aliphatic carbocycles. The summed E-state index contributed by atoms with van der Waals surface area (Å²) in [7, 11) is 1.56. The van der Waals surface area contributed by atoms with Crippen molar-refractivity contribution < 1.29 is 4.74 Å². The first-order valence-electron chi connectivity index (χ1n) is 5.95.